The number of amides is 1. The van der Waals surface area contributed by atoms with E-state index in [1.165, 1.54) is 16.8 Å². The number of aromatic nitrogens is 1. The number of nitrogens with zero attached hydrogens (tertiary/aromatic N) is 3. The van der Waals surface area contributed by atoms with E-state index in [2.05, 4.69) is 68.3 Å². The molecule has 5 nitrogen and oxygen atoms in total. The SMILES string of the molecule is CCN1c2cc(C)c(/C=N/NC(=O)c3ccccc3-n3cccc3)cc2C(C)=CC1(C)C. The summed E-state index contributed by atoms with van der Waals surface area (Å²) in [6.45, 7) is 11.9. The van der Waals surface area contributed by atoms with E-state index in [0.29, 0.717) is 5.56 Å². The lowest BCUT2D eigenvalue weighted by Crippen LogP contribution is -2.45. The van der Waals surface area contributed by atoms with Crippen LogP contribution in [0.15, 0.2) is 72.1 Å². The van der Waals surface area contributed by atoms with Gasteiger partial charge in [-0.25, -0.2) is 5.43 Å². The molecule has 0 saturated heterocycles. The fourth-order valence-corrected chi connectivity index (χ4v) is 4.57. The number of allylic oxidation sites excluding steroid dienone is 1. The second-order valence-electron chi connectivity index (χ2n) is 8.76. The number of anilines is 1. The van der Waals surface area contributed by atoms with Gasteiger partial charge in [0.25, 0.3) is 5.91 Å². The van der Waals surface area contributed by atoms with E-state index in [1.807, 2.05) is 47.3 Å². The minimum absolute atomic E-state index is 0.0189. The van der Waals surface area contributed by atoms with Gasteiger partial charge in [0.2, 0.25) is 0 Å². The lowest BCUT2D eigenvalue weighted by molar-refractivity contribution is 0.0955. The fraction of sp³-hybridized carbons (Fsp3) is 0.259. The Morgan fingerprint density at radius 3 is 2.50 bits per heavy atom. The molecule has 2 heterocycles. The summed E-state index contributed by atoms with van der Waals surface area (Å²) in [6.07, 6.45) is 7.88. The molecular formula is C27H30N4O. The van der Waals surface area contributed by atoms with Crippen LogP contribution in [0.3, 0.4) is 0 Å². The molecular weight excluding hydrogens is 396 g/mol. The summed E-state index contributed by atoms with van der Waals surface area (Å²) in [5.74, 6) is -0.240. The van der Waals surface area contributed by atoms with Crippen molar-refractivity contribution < 1.29 is 4.79 Å². The molecule has 164 valence electrons. The molecule has 0 bridgehead atoms. The quantitative estimate of drug-likeness (QED) is 0.428. The first-order chi connectivity index (χ1) is 15.3. The van der Waals surface area contributed by atoms with E-state index in [4.69, 9.17) is 0 Å². The molecule has 1 aliphatic heterocycles. The smallest absolute Gasteiger partial charge is 0.273 e. The first kappa shape index (κ1) is 21.6. The van der Waals surface area contributed by atoms with E-state index in [9.17, 15) is 4.79 Å². The molecule has 0 unspecified atom stereocenters. The van der Waals surface area contributed by atoms with Crippen molar-refractivity contribution in [1.29, 1.82) is 0 Å². The van der Waals surface area contributed by atoms with Crippen LogP contribution in [0.1, 0.15) is 54.7 Å². The van der Waals surface area contributed by atoms with Gasteiger partial charge < -0.3 is 9.47 Å². The maximum atomic E-state index is 12.8. The number of carbonyl (C=O) groups excluding carboxylic acids is 1. The van der Waals surface area contributed by atoms with Gasteiger partial charge in [-0.2, -0.15) is 5.10 Å². The summed E-state index contributed by atoms with van der Waals surface area (Å²) in [5.41, 5.74) is 9.90. The third-order valence-corrected chi connectivity index (χ3v) is 6.08. The van der Waals surface area contributed by atoms with Crippen LogP contribution in [0.4, 0.5) is 5.69 Å². The second-order valence-corrected chi connectivity index (χ2v) is 8.76. The Labute approximate surface area is 190 Å². The summed E-state index contributed by atoms with van der Waals surface area (Å²) in [4.78, 5) is 15.2. The highest BCUT2D eigenvalue weighted by atomic mass is 16.2. The summed E-state index contributed by atoms with van der Waals surface area (Å²) < 4.78 is 1.92. The van der Waals surface area contributed by atoms with Crippen molar-refractivity contribution in [1.82, 2.24) is 9.99 Å². The third kappa shape index (κ3) is 3.98. The minimum Gasteiger partial charge on any atom is -0.363 e. The molecule has 2 aromatic carbocycles. The van der Waals surface area contributed by atoms with Crippen molar-refractivity contribution in [3.8, 4) is 5.69 Å². The molecule has 0 saturated carbocycles. The first-order valence-electron chi connectivity index (χ1n) is 11.0. The largest absolute Gasteiger partial charge is 0.363 e. The summed E-state index contributed by atoms with van der Waals surface area (Å²) in [7, 11) is 0. The normalized spacial score (nSPS) is 14.9. The predicted molar refractivity (Wildman–Crippen MR) is 133 cm³/mol. The van der Waals surface area contributed by atoms with Crippen molar-refractivity contribution in [2.45, 2.75) is 40.2 Å². The number of hydrazone groups is 1. The molecule has 1 aliphatic rings. The zero-order valence-electron chi connectivity index (χ0n) is 19.4. The number of nitrogens with one attached hydrogen (secondary N) is 1. The number of fused-ring (bicyclic) bond motifs is 1. The van der Waals surface area contributed by atoms with Crippen molar-refractivity contribution in [3.63, 3.8) is 0 Å². The van der Waals surface area contributed by atoms with Crippen LogP contribution in [0.5, 0.6) is 0 Å². The molecule has 1 N–H and O–H groups in total. The number of hydrogen-bond donors (Lipinski definition) is 1. The van der Waals surface area contributed by atoms with Gasteiger partial charge in [-0.05, 0) is 87.7 Å². The number of benzene rings is 2. The predicted octanol–water partition coefficient (Wildman–Crippen LogP) is 5.57. The number of likely N-dealkylation sites (N-methyl/N-ethyl adjacent to an activating group) is 1. The molecule has 32 heavy (non-hydrogen) atoms. The second kappa shape index (κ2) is 8.50. The number of rotatable bonds is 5. The third-order valence-electron chi connectivity index (χ3n) is 6.08. The van der Waals surface area contributed by atoms with Crippen molar-refractivity contribution in [2.75, 3.05) is 11.4 Å². The molecule has 5 heteroatoms. The van der Waals surface area contributed by atoms with Gasteiger partial charge in [0.05, 0.1) is 23.0 Å². The van der Waals surface area contributed by atoms with E-state index in [-0.39, 0.29) is 11.4 Å². The number of hydrogen-bond acceptors (Lipinski definition) is 3. The standard InChI is InChI=1S/C27H30N4O/c1-6-31-25-15-19(2)21(16-23(25)20(3)17-27(31,4)5)18-28-29-26(32)22-11-7-8-12-24(22)30-13-9-10-14-30/h7-18H,6H2,1-5H3,(H,29,32)/b28-18+. The zero-order chi connectivity index (χ0) is 22.9. The highest BCUT2D eigenvalue weighted by Gasteiger charge is 2.30. The van der Waals surface area contributed by atoms with Crippen LogP contribution in [-0.2, 0) is 0 Å². The molecule has 4 rings (SSSR count). The van der Waals surface area contributed by atoms with Gasteiger partial charge in [0, 0.05) is 30.2 Å². The summed E-state index contributed by atoms with van der Waals surface area (Å²) >= 11 is 0. The highest BCUT2D eigenvalue weighted by Crippen LogP contribution is 2.39. The topological polar surface area (TPSA) is 49.6 Å². The van der Waals surface area contributed by atoms with Crippen molar-refractivity contribution in [2.24, 2.45) is 5.10 Å². The molecule has 3 aromatic rings. The van der Waals surface area contributed by atoms with Gasteiger partial charge in [-0.3, -0.25) is 4.79 Å². The maximum absolute atomic E-state index is 12.8. The Hall–Kier alpha value is -3.60. The molecule has 0 aliphatic carbocycles. The van der Waals surface area contributed by atoms with E-state index < -0.39 is 0 Å². The van der Waals surface area contributed by atoms with Crippen LogP contribution in [0.2, 0.25) is 0 Å². The van der Waals surface area contributed by atoms with Crippen LogP contribution < -0.4 is 10.3 Å². The molecule has 0 atom stereocenters. The Balaban J connectivity index is 1.58. The molecule has 0 fully saturated rings. The van der Waals surface area contributed by atoms with Crippen molar-refractivity contribution >= 4 is 23.4 Å². The number of aryl methyl sites for hydroxylation is 1. The molecule has 1 amide bonds. The Morgan fingerprint density at radius 1 is 1.06 bits per heavy atom. The van der Waals surface area contributed by atoms with Gasteiger partial charge in [0.1, 0.15) is 0 Å². The number of para-hydroxylation sites is 1. The fourth-order valence-electron chi connectivity index (χ4n) is 4.57. The van der Waals surface area contributed by atoms with E-state index >= 15 is 0 Å². The van der Waals surface area contributed by atoms with Crippen LogP contribution in [-0.4, -0.2) is 28.8 Å². The Bertz CT molecular complexity index is 1200. The summed E-state index contributed by atoms with van der Waals surface area (Å²) in [5, 5.41) is 4.28. The van der Waals surface area contributed by atoms with Crippen LogP contribution in [0.25, 0.3) is 11.3 Å². The maximum Gasteiger partial charge on any atom is 0.273 e. The van der Waals surface area contributed by atoms with Crippen molar-refractivity contribution in [3.05, 3.63) is 89.3 Å². The highest BCUT2D eigenvalue weighted by molar-refractivity contribution is 5.98. The summed E-state index contributed by atoms with van der Waals surface area (Å²) in [6, 6.07) is 15.8. The first-order valence-corrected chi connectivity index (χ1v) is 11.0. The molecule has 0 radical (unpaired) electrons. The van der Waals surface area contributed by atoms with Crippen LogP contribution in [0, 0.1) is 6.92 Å². The minimum atomic E-state index is -0.240. The molecule has 1 aromatic heterocycles. The van der Waals surface area contributed by atoms with Gasteiger partial charge in [-0.15, -0.1) is 0 Å². The average Bonchev–Trinajstić information content (AvgIpc) is 3.29. The van der Waals surface area contributed by atoms with E-state index in [1.54, 1.807) is 12.3 Å². The lowest BCUT2D eigenvalue weighted by Gasteiger charge is -2.43. The van der Waals surface area contributed by atoms with Gasteiger partial charge in [-0.1, -0.05) is 18.2 Å². The lowest BCUT2D eigenvalue weighted by atomic mass is 9.87. The van der Waals surface area contributed by atoms with Gasteiger partial charge >= 0.3 is 0 Å². The Morgan fingerprint density at radius 2 is 1.78 bits per heavy atom. The van der Waals surface area contributed by atoms with Crippen LogP contribution >= 0.6 is 0 Å². The van der Waals surface area contributed by atoms with E-state index in [0.717, 1.165) is 23.4 Å². The Kier molecular flexibility index (Phi) is 5.74. The average molecular weight is 427 g/mol. The number of carbonyl (C=O) groups is 1. The zero-order valence-corrected chi connectivity index (χ0v) is 19.4. The monoisotopic (exact) mass is 426 g/mol. The molecule has 0 spiro atoms. The van der Waals surface area contributed by atoms with Gasteiger partial charge in [0.15, 0.2) is 0 Å².